The highest BCUT2D eigenvalue weighted by molar-refractivity contribution is 7.15. The Balaban J connectivity index is 1.92. The lowest BCUT2D eigenvalue weighted by atomic mass is 10.0. The molecule has 0 spiro atoms. The molecule has 0 unspecified atom stereocenters. The maximum Gasteiger partial charge on any atom is 0.345 e. The fourth-order valence-electron chi connectivity index (χ4n) is 3.09. The van der Waals surface area contributed by atoms with E-state index in [9.17, 15) is 4.79 Å². The first-order valence-electron chi connectivity index (χ1n) is 7.47. The lowest BCUT2D eigenvalue weighted by molar-refractivity contribution is 0.563. The van der Waals surface area contributed by atoms with Gasteiger partial charge in [-0.25, -0.2) is 4.79 Å². The van der Waals surface area contributed by atoms with Crippen LogP contribution in [0.3, 0.4) is 0 Å². The molecular weight excluding hydrogens is 322 g/mol. The molecule has 0 fully saturated rings. The average molecular weight is 333 g/mol. The minimum Gasteiger partial charge on any atom is -0.422 e. The van der Waals surface area contributed by atoms with Gasteiger partial charge in [0.15, 0.2) is 0 Å². The van der Waals surface area contributed by atoms with Gasteiger partial charge in [0.2, 0.25) is 4.96 Å². The number of rotatable bonds is 1. The summed E-state index contributed by atoms with van der Waals surface area (Å²) in [7, 11) is 0. The van der Waals surface area contributed by atoms with Crippen LogP contribution in [0.15, 0.2) is 57.1 Å². The molecule has 116 valence electrons. The van der Waals surface area contributed by atoms with Crippen molar-refractivity contribution < 1.29 is 4.42 Å². The Morgan fingerprint density at radius 2 is 1.96 bits per heavy atom. The quantitative estimate of drug-likeness (QED) is 0.343. The molecule has 2 aromatic carbocycles. The van der Waals surface area contributed by atoms with E-state index in [0.29, 0.717) is 11.1 Å². The SMILES string of the molecule is Cc1nnc2scc(-c3cc4c(ccc5ccccc54)oc3=O)n12. The fraction of sp³-hybridized carbons (Fsp3) is 0.0556. The van der Waals surface area contributed by atoms with Gasteiger partial charge < -0.3 is 4.42 Å². The van der Waals surface area contributed by atoms with Crippen LogP contribution in [0.25, 0.3) is 38.0 Å². The number of nitrogens with zero attached hydrogens (tertiary/aromatic N) is 3. The van der Waals surface area contributed by atoms with Crippen molar-refractivity contribution in [2.75, 3.05) is 0 Å². The number of aryl methyl sites for hydroxylation is 1. The van der Waals surface area contributed by atoms with E-state index in [1.165, 1.54) is 11.3 Å². The zero-order valence-corrected chi connectivity index (χ0v) is 13.5. The minimum atomic E-state index is -0.356. The largest absolute Gasteiger partial charge is 0.422 e. The summed E-state index contributed by atoms with van der Waals surface area (Å²) < 4.78 is 7.47. The summed E-state index contributed by atoms with van der Waals surface area (Å²) >= 11 is 1.46. The molecule has 0 radical (unpaired) electrons. The molecule has 0 saturated carbocycles. The van der Waals surface area contributed by atoms with Gasteiger partial charge in [0.1, 0.15) is 11.4 Å². The van der Waals surface area contributed by atoms with E-state index in [2.05, 4.69) is 10.2 Å². The molecule has 5 aromatic rings. The number of benzene rings is 2. The third kappa shape index (κ3) is 1.77. The van der Waals surface area contributed by atoms with Gasteiger partial charge in [0, 0.05) is 10.8 Å². The van der Waals surface area contributed by atoms with E-state index in [-0.39, 0.29) is 5.63 Å². The number of thiazole rings is 1. The van der Waals surface area contributed by atoms with Crippen molar-refractivity contribution in [1.82, 2.24) is 14.6 Å². The highest BCUT2D eigenvalue weighted by Gasteiger charge is 2.16. The van der Waals surface area contributed by atoms with Crippen LogP contribution in [0.4, 0.5) is 0 Å². The molecule has 24 heavy (non-hydrogen) atoms. The summed E-state index contributed by atoms with van der Waals surface area (Å²) in [5, 5.41) is 13.2. The van der Waals surface area contributed by atoms with Gasteiger partial charge in [-0.3, -0.25) is 4.40 Å². The smallest absolute Gasteiger partial charge is 0.345 e. The lowest BCUT2D eigenvalue weighted by Gasteiger charge is -2.05. The third-order valence-corrected chi connectivity index (χ3v) is 5.05. The van der Waals surface area contributed by atoms with Crippen LogP contribution in [0.1, 0.15) is 5.82 Å². The van der Waals surface area contributed by atoms with Crippen LogP contribution in [-0.2, 0) is 0 Å². The van der Waals surface area contributed by atoms with Crippen LogP contribution in [0.2, 0.25) is 0 Å². The normalized spacial score (nSPS) is 11.7. The van der Waals surface area contributed by atoms with Crippen molar-refractivity contribution in [3.63, 3.8) is 0 Å². The molecule has 3 aromatic heterocycles. The molecule has 0 amide bonds. The minimum absolute atomic E-state index is 0.356. The van der Waals surface area contributed by atoms with Crippen LogP contribution < -0.4 is 5.63 Å². The highest BCUT2D eigenvalue weighted by Crippen LogP contribution is 2.30. The van der Waals surface area contributed by atoms with Crippen LogP contribution in [0.5, 0.6) is 0 Å². The number of aromatic nitrogens is 3. The molecule has 3 heterocycles. The Bertz CT molecular complexity index is 1300. The highest BCUT2D eigenvalue weighted by atomic mass is 32.1. The Hall–Kier alpha value is -2.99. The van der Waals surface area contributed by atoms with Crippen LogP contribution in [0, 0.1) is 6.92 Å². The average Bonchev–Trinajstić information content (AvgIpc) is 3.17. The summed E-state index contributed by atoms with van der Waals surface area (Å²) in [5.74, 6) is 0.749. The number of hydrogen-bond acceptors (Lipinski definition) is 5. The Morgan fingerprint density at radius 3 is 2.88 bits per heavy atom. The maximum absolute atomic E-state index is 12.5. The standard InChI is InChI=1S/C18H11N3O2S/c1-10-19-20-18-21(10)15(9-24-18)14-8-13-12-5-3-2-4-11(12)6-7-16(13)23-17(14)22/h2-9H,1H3. The number of hydrogen-bond donors (Lipinski definition) is 0. The number of fused-ring (bicyclic) bond motifs is 4. The van der Waals surface area contributed by atoms with Gasteiger partial charge in [-0.2, -0.15) is 0 Å². The molecule has 0 atom stereocenters. The monoisotopic (exact) mass is 333 g/mol. The molecule has 5 rings (SSSR count). The molecule has 0 aliphatic heterocycles. The lowest BCUT2D eigenvalue weighted by Crippen LogP contribution is -2.05. The molecule has 0 bridgehead atoms. The Labute approximate surface area is 139 Å². The van der Waals surface area contributed by atoms with Crippen molar-refractivity contribution >= 4 is 38.0 Å². The molecule has 6 heteroatoms. The Morgan fingerprint density at radius 1 is 1.08 bits per heavy atom. The van der Waals surface area contributed by atoms with Crippen LogP contribution >= 0.6 is 11.3 Å². The van der Waals surface area contributed by atoms with E-state index < -0.39 is 0 Å². The van der Waals surface area contributed by atoms with Crippen molar-refractivity contribution in [1.29, 1.82) is 0 Å². The molecule has 0 aliphatic rings. The maximum atomic E-state index is 12.5. The molecule has 0 saturated heterocycles. The zero-order chi connectivity index (χ0) is 16.3. The summed E-state index contributed by atoms with van der Waals surface area (Å²) in [5.41, 5.74) is 1.52. The molecule has 0 aliphatic carbocycles. The second-order valence-electron chi connectivity index (χ2n) is 5.63. The second-order valence-corrected chi connectivity index (χ2v) is 6.47. The van der Waals surface area contributed by atoms with Crippen molar-refractivity contribution in [3.05, 3.63) is 64.1 Å². The van der Waals surface area contributed by atoms with E-state index >= 15 is 0 Å². The van der Waals surface area contributed by atoms with Gasteiger partial charge in [0.25, 0.3) is 0 Å². The topological polar surface area (TPSA) is 60.4 Å². The van der Waals surface area contributed by atoms with Crippen LogP contribution in [-0.4, -0.2) is 14.6 Å². The molecular formula is C18H11N3O2S. The molecule has 0 N–H and O–H groups in total. The summed E-state index contributed by atoms with van der Waals surface area (Å²) in [6.45, 7) is 1.87. The van der Waals surface area contributed by atoms with Crippen molar-refractivity contribution in [2.45, 2.75) is 6.92 Å². The predicted octanol–water partition coefficient (Wildman–Crippen LogP) is 4.03. The van der Waals surface area contributed by atoms with E-state index in [1.807, 2.05) is 59.2 Å². The Kier molecular flexibility index (Phi) is 2.66. The van der Waals surface area contributed by atoms with Gasteiger partial charge in [-0.05, 0) is 29.8 Å². The summed E-state index contributed by atoms with van der Waals surface area (Å²) in [4.78, 5) is 13.3. The van der Waals surface area contributed by atoms with Gasteiger partial charge >= 0.3 is 5.63 Å². The van der Waals surface area contributed by atoms with Crippen molar-refractivity contribution in [3.8, 4) is 11.3 Å². The first-order valence-corrected chi connectivity index (χ1v) is 8.35. The summed E-state index contributed by atoms with van der Waals surface area (Å²) in [6, 6.07) is 13.8. The van der Waals surface area contributed by atoms with Crippen molar-refractivity contribution in [2.24, 2.45) is 0 Å². The first-order chi connectivity index (χ1) is 11.7. The fourth-order valence-corrected chi connectivity index (χ4v) is 3.97. The van der Waals surface area contributed by atoms with Gasteiger partial charge in [0.05, 0.1) is 11.3 Å². The van der Waals surface area contributed by atoms with Gasteiger partial charge in [-0.1, -0.05) is 30.3 Å². The first kappa shape index (κ1) is 13.4. The predicted molar refractivity (Wildman–Crippen MR) is 94.6 cm³/mol. The van der Waals surface area contributed by atoms with E-state index in [1.54, 1.807) is 0 Å². The van der Waals surface area contributed by atoms with Gasteiger partial charge in [-0.15, -0.1) is 21.5 Å². The zero-order valence-electron chi connectivity index (χ0n) is 12.7. The third-order valence-electron chi connectivity index (χ3n) is 4.23. The summed E-state index contributed by atoms with van der Waals surface area (Å²) in [6.07, 6.45) is 0. The molecule has 5 nitrogen and oxygen atoms in total. The van der Waals surface area contributed by atoms with E-state index in [0.717, 1.165) is 32.6 Å². The van der Waals surface area contributed by atoms with E-state index in [4.69, 9.17) is 4.42 Å². The second kappa shape index (κ2) is 4.75.